The predicted octanol–water partition coefficient (Wildman–Crippen LogP) is 1.32. The molecule has 4 nitrogen and oxygen atoms in total. The van der Waals surface area contributed by atoms with Gasteiger partial charge in [-0.3, -0.25) is 9.69 Å². The molecule has 2 fully saturated rings. The van der Waals surface area contributed by atoms with Crippen LogP contribution < -0.4 is 5.32 Å². The molecular formula is C15H29N3O. The van der Waals surface area contributed by atoms with Gasteiger partial charge in [0.2, 0.25) is 5.91 Å². The maximum absolute atomic E-state index is 12.3. The van der Waals surface area contributed by atoms with Crippen LogP contribution in [0.1, 0.15) is 39.0 Å². The molecule has 2 aliphatic heterocycles. The number of hydrogen-bond acceptors (Lipinski definition) is 3. The second-order valence-corrected chi connectivity index (χ2v) is 6.19. The Balaban J connectivity index is 1.79. The lowest BCUT2D eigenvalue weighted by Crippen LogP contribution is -2.50. The highest BCUT2D eigenvalue weighted by atomic mass is 16.2. The molecule has 0 radical (unpaired) electrons. The number of piperidine rings is 1. The van der Waals surface area contributed by atoms with Crippen molar-refractivity contribution in [3.05, 3.63) is 0 Å². The van der Waals surface area contributed by atoms with Crippen molar-refractivity contribution in [3.63, 3.8) is 0 Å². The van der Waals surface area contributed by atoms with E-state index in [1.807, 2.05) is 7.05 Å². The SMILES string of the molecule is CNC1CCN(CC(=O)N2CCCCCC2)CC1C. The van der Waals surface area contributed by atoms with E-state index >= 15 is 0 Å². The molecule has 1 N–H and O–H groups in total. The Labute approximate surface area is 117 Å². The second-order valence-electron chi connectivity index (χ2n) is 6.19. The molecule has 4 heteroatoms. The Hall–Kier alpha value is -0.610. The first kappa shape index (κ1) is 14.8. The average Bonchev–Trinajstić information content (AvgIpc) is 2.68. The number of hydrogen-bond donors (Lipinski definition) is 1. The zero-order valence-corrected chi connectivity index (χ0v) is 12.5. The normalized spacial score (nSPS) is 30.1. The maximum Gasteiger partial charge on any atom is 0.236 e. The van der Waals surface area contributed by atoms with Crippen LogP contribution in [0.4, 0.5) is 0 Å². The summed E-state index contributed by atoms with van der Waals surface area (Å²) in [7, 11) is 2.04. The van der Waals surface area contributed by atoms with Crippen molar-refractivity contribution >= 4 is 5.91 Å². The van der Waals surface area contributed by atoms with Gasteiger partial charge in [-0.2, -0.15) is 0 Å². The van der Waals surface area contributed by atoms with Crippen LogP contribution in [-0.4, -0.2) is 61.5 Å². The van der Waals surface area contributed by atoms with Crippen LogP contribution in [0.25, 0.3) is 0 Å². The van der Waals surface area contributed by atoms with Gasteiger partial charge >= 0.3 is 0 Å². The Bertz CT molecular complexity index is 287. The molecule has 0 aromatic heterocycles. The van der Waals surface area contributed by atoms with Crippen LogP contribution >= 0.6 is 0 Å². The van der Waals surface area contributed by atoms with Crippen LogP contribution in [-0.2, 0) is 4.79 Å². The van der Waals surface area contributed by atoms with Crippen LogP contribution in [0, 0.1) is 5.92 Å². The number of amides is 1. The number of nitrogens with one attached hydrogen (secondary N) is 1. The molecule has 0 saturated carbocycles. The molecule has 1 amide bonds. The minimum Gasteiger partial charge on any atom is -0.342 e. The first-order valence-corrected chi connectivity index (χ1v) is 7.88. The van der Waals surface area contributed by atoms with Crippen molar-refractivity contribution in [2.45, 2.75) is 45.1 Å². The lowest BCUT2D eigenvalue weighted by atomic mass is 9.94. The van der Waals surface area contributed by atoms with E-state index in [2.05, 4.69) is 22.0 Å². The molecule has 2 atom stereocenters. The van der Waals surface area contributed by atoms with Gasteiger partial charge in [0.1, 0.15) is 0 Å². The van der Waals surface area contributed by atoms with Crippen LogP contribution in [0.3, 0.4) is 0 Å². The van der Waals surface area contributed by atoms with Crippen molar-refractivity contribution in [1.82, 2.24) is 15.1 Å². The van der Waals surface area contributed by atoms with Crippen molar-refractivity contribution < 1.29 is 4.79 Å². The molecule has 110 valence electrons. The molecule has 2 rings (SSSR count). The standard InChI is InChI=1S/C15H29N3O/c1-13-11-17(10-7-14(13)16-2)12-15(19)18-8-5-3-4-6-9-18/h13-14,16H,3-12H2,1-2H3. The highest BCUT2D eigenvalue weighted by Gasteiger charge is 2.27. The number of nitrogens with zero attached hydrogens (tertiary/aromatic N) is 2. The lowest BCUT2D eigenvalue weighted by Gasteiger charge is -2.37. The van der Waals surface area contributed by atoms with Gasteiger partial charge in [0.15, 0.2) is 0 Å². The van der Waals surface area contributed by atoms with Gasteiger partial charge in [0.05, 0.1) is 6.54 Å². The van der Waals surface area contributed by atoms with Gasteiger partial charge in [0.25, 0.3) is 0 Å². The van der Waals surface area contributed by atoms with E-state index in [9.17, 15) is 4.79 Å². The van der Waals surface area contributed by atoms with Gasteiger partial charge in [-0.25, -0.2) is 0 Å². The first-order chi connectivity index (χ1) is 9.20. The molecule has 0 bridgehead atoms. The van der Waals surface area contributed by atoms with Crippen LogP contribution in [0.15, 0.2) is 0 Å². The minimum absolute atomic E-state index is 0.344. The number of rotatable bonds is 3. The highest BCUT2D eigenvalue weighted by Crippen LogP contribution is 2.17. The summed E-state index contributed by atoms with van der Waals surface area (Å²) in [6.45, 7) is 6.95. The van der Waals surface area contributed by atoms with Crippen molar-refractivity contribution in [2.24, 2.45) is 5.92 Å². The van der Waals surface area contributed by atoms with E-state index in [0.29, 0.717) is 24.4 Å². The van der Waals surface area contributed by atoms with Gasteiger partial charge in [-0.05, 0) is 32.2 Å². The van der Waals surface area contributed by atoms with Crippen molar-refractivity contribution in [2.75, 3.05) is 39.8 Å². The van der Waals surface area contributed by atoms with Gasteiger partial charge in [0, 0.05) is 32.2 Å². The molecule has 0 aliphatic carbocycles. The molecule has 19 heavy (non-hydrogen) atoms. The third kappa shape index (κ3) is 4.18. The number of likely N-dealkylation sites (tertiary alicyclic amines) is 2. The fourth-order valence-corrected chi connectivity index (χ4v) is 3.42. The van der Waals surface area contributed by atoms with Crippen LogP contribution in [0.2, 0.25) is 0 Å². The Morgan fingerprint density at radius 1 is 1.16 bits per heavy atom. The largest absolute Gasteiger partial charge is 0.342 e. The average molecular weight is 267 g/mol. The molecule has 0 spiro atoms. The molecule has 2 unspecified atom stereocenters. The summed E-state index contributed by atoms with van der Waals surface area (Å²) in [4.78, 5) is 16.8. The highest BCUT2D eigenvalue weighted by molar-refractivity contribution is 5.78. The van der Waals surface area contributed by atoms with Gasteiger partial charge in [-0.15, -0.1) is 0 Å². The predicted molar refractivity (Wildman–Crippen MR) is 78.1 cm³/mol. The summed E-state index contributed by atoms with van der Waals surface area (Å²) >= 11 is 0. The van der Waals surface area contributed by atoms with Crippen LogP contribution in [0.5, 0.6) is 0 Å². The fraction of sp³-hybridized carbons (Fsp3) is 0.933. The molecular weight excluding hydrogens is 238 g/mol. The summed E-state index contributed by atoms with van der Waals surface area (Å²) in [5.41, 5.74) is 0. The van der Waals surface area contributed by atoms with Gasteiger partial charge in [-0.1, -0.05) is 19.8 Å². The van der Waals surface area contributed by atoms with Gasteiger partial charge < -0.3 is 10.2 Å². The monoisotopic (exact) mass is 267 g/mol. The van der Waals surface area contributed by atoms with E-state index in [0.717, 1.165) is 32.6 Å². The van der Waals surface area contributed by atoms with E-state index in [-0.39, 0.29) is 0 Å². The summed E-state index contributed by atoms with van der Waals surface area (Å²) in [6, 6.07) is 0.615. The van der Waals surface area contributed by atoms with Crippen molar-refractivity contribution in [1.29, 1.82) is 0 Å². The second kappa shape index (κ2) is 7.25. The zero-order chi connectivity index (χ0) is 13.7. The summed E-state index contributed by atoms with van der Waals surface area (Å²) in [5, 5.41) is 3.38. The molecule has 2 saturated heterocycles. The van der Waals surface area contributed by atoms with Crippen molar-refractivity contribution in [3.8, 4) is 0 Å². The Morgan fingerprint density at radius 3 is 2.42 bits per heavy atom. The van der Waals surface area contributed by atoms with E-state index in [1.54, 1.807) is 0 Å². The topological polar surface area (TPSA) is 35.6 Å². The third-order valence-corrected chi connectivity index (χ3v) is 4.68. The molecule has 0 aromatic rings. The molecule has 0 aromatic carbocycles. The third-order valence-electron chi connectivity index (χ3n) is 4.68. The quantitative estimate of drug-likeness (QED) is 0.838. The van der Waals surface area contributed by atoms with E-state index in [4.69, 9.17) is 0 Å². The Kier molecular flexibility index (Phi) is 5.64. The summed E-state index contributed by atoms with van der Waals surface area (Å²) in [6.07, 6.45) is 6.10. The Morgan fingerprint density at radius 2 is 1.84 bits per heavy atom. The smallest absolute Gasteiger partial charge is 0.236 e. The minimum atomic E-state index is 0.344. The van der Waals surface area contributed by atoms with E-state index in [1.165, 1.54) is 25.7 Å². The fourth-order valence-electron chi connectivity index (χ4n) is 3.42. The van der Waals surface area contributed by atoms with E-state index < -0.39 is 0 Å². The first-order valence-electron chi connectivity index (χ1n) is 7.88. The molecule has 2 heterocycles. The zero-order valence-electron chi connectivity index (χ0n) is 12.5. The maximum atomic E-state index is 12.3. The number of carbonyl (C=O) groups excluding carboxylic acids is 1. The lowest BCUT2D eigenvalue weighted by molar-refractivity contribution is -0.132. The summed E-state index contributed by atoms with van der Waals surface area (Å²) in [5.74, 6) is 0.979. The summed E-state index contributed by atoms with van der Waals surface area (Å²) < 4.78 is 0. The number of carbonyl (C=O) groups is 1. The molecule has 2 aliphatic rings.